The standard InChI is InChI=1S/C10H13NO2/c1-8(2)13-10-5-3-4-9(6-10)7-11-12/h3-8,12H,1-2H3. The third-order valence-corrected chi connectivity index (χ3v) is 1.44. The lowest BCUT2D eigenvalue weighted by atomic mass is 10.2. The summed E-state index contributed by atoms with van der Waals surface area (Å²) in [6.45, 7) is 3.93. The van der Waals surface area contributed by atoms with Gasteiger partial charge in [0.05, 0.1) is 12.3 Å². The molecule has 0 radical (unpaired) electrons. The fraction of sp³-hybridized carbons (Fsp3) is 0.300. The van der Waals surface area contributed by atoms with E-state index in [0.29, 0.717) is 0 Å². The smallest absolute Gasteiger partial charge is 0.120 e. The monoisotopic (exact) mass is 179 g/mol. The lowest BCUT2D eigenvalue weighted by molar-refractivity contribution is 0.242. The van der Waals surface area contributed by atoms with Crippen LogP contribution >= 0.6 is 0 Å². The van der Waals surface area contributed by atoms with E-state index in [1.165, 1.54) is 6.21 Å². The molecule has 1 aromatic rings. The Morgan fingerprint density at radius 1 is 1.46 bits per heavy atom. The molecule has 70 valence electrons. The number of rotatable bonds is 3. The number of hydrogen-bond donors (Lipinski definition) is 1. The Bertz CT molecular complexity index is 295. The van der Waals surface area contributed by atoms with Gasteiger partial charge in [-0.25, -0.2) is 0 Å². The van der Waals surface area contributed by atoms with Gasteiger partial charge in [0.2, 0.25) is 0 Å². The third-order valence-electron chi connectivity index (χ3n) is 1.44. The SMILES string of the molecule is CC(C)Oc1cccc(C=NO)c1. The molecule has 0 amide bonds. The molecule has 1 rings (SSSR count). The van der Waals surface area contributed by atoms with Crippen molar-refractivity contribution < 1.29 is 9.94 Å². The van der Waals surface area contributed by atoms with Crippen LogP contribution < -0.4 is 4.74 Å². The van der Waals surface area contributed by atoms with Gasteiger partial charge in [-0.2, -0.15) is 0 Å². The van der Waals surface area contributed by atoms with Crippen LogP contribution in [0.4, 0.5) is 0 Å². The highest BCUT2D eigenvalue weighted by atomic mass is 16.5. The maximum atomic E-state index is 8.32. The van der Waals surface area contributed by atoms with Crippen LogP contribution in [0.25, 0.3) is 0 Å². The van der Waals surface area contributed by atoms with Gasteiger partial charge in [0, 0.05) is 0 Å². The summed E-state index contributed by atoms with van der Waals surface area (Å²) >= 11 is 0. The molecule has 3 heteroatoms. The van der Waals surface area contributed by atoms with Crippen LogP contribution in [-0.4, -0.2) is 17.5 Å². The first-order valence-electron chi connectivity index (χ1n) is 4.16. The van der Waals surface area contributed by atoms with Gasteiger partial charge < -0.3 is 9.94 Å². The lowest BCUT2D eigenvalue weighted by Crippen LogP contribution is -2.05. The minimum atomic E-state index is 0.154. The maximum absolute atomic E-state index is 8.32. The highest BCUT2D eigenvalue weighted by Gasteiger charge is 1.97. The first-order chi connectivity index (χ1) is 6.22. The molecule has 0 unspecified atom stereocenters. The second-order valence-corrected chi connectivity index (χ2v) is 2.98. The average molecular weight is 179 g/mol. The average Bonchev–Trinajstić information content (AvgIpc) is 2.04. The molecule has 0 aromatic heterocycles. The Hall–Kier alpha value is -1.51. The summed E-state index contributed by atoms with van der Waals surface area (Å²) in [6.07, 6.45) is 1.52. The molecule has 0 aliphatic carbocycles. The molecular formula is C10H13NO2. The topological polar surface area (TPSA) is 41.8 Å². The Kier molecular flexibility index (Phi) is 3.31. The molecule has 0 heterocycles. The maximum Gasteiger partial charge on any atom is 0.120 e. The quantitative estimate of drug-likeness (QED) is 0.439. The van der Waals surface area contributed by atoms with E-state index in [0.717, 1.165) is 11.3 Å². The van der Waals surface area contributed by atoms with Gasteiger partial charge >= 0.3 is 0 Å². The van der Waals surface area contributed by atoms with Gasteiger partial charge in [-0.05, 0) is 31.5 Å². The van der Waals surface area contributed by atoms with Gasteiger partial charge in [0.15, 0.2) is 0 Å². The van der Waals surface area contributed by atoms with Crippen LogP contribution in [0.5, 0.6) is 5.75 Å². The number of ether oxygens (including phenoxy) is 1. The zero-order valence-corrected chi connectivity index (χ0v) is 7.77. The van der Waals surface area contributed by atoms with Crippen molar-refractivity contribution in [1.82, 2.24) is 0 Å². The van der Waals surface area contributed by atoms with E-state index in [4.69, 9.17) is 9.94 Å². The third kappa shape index (κ3) is 3.15. The molecule has 3 nitrogen and oxygen atoms in total. The van der Waals surface area contributed by atoms with Gasteiger partial charge in [-0.3, -0.25) is 0 Å². The zero-order chi connectivity index (χ0) is 9.68. The predicted octanol–water partition coefficient (Wildman–Crippen LogP) is 2.28. The van der Waals surface area contributed by atoms with Crippen molar-refractivity contribution in [1.29, 1.82) is 0 Å². The summed E-state index contributed by atoms with van der Waals surface area (Å²) < 4.78 is 5.46. The Balaban J connectivity index is 2.79. The normalized spacial score (nSPS) is 11.0. The van der Waals surface area contributed by atoms with Gasteiger partial charge in [-0.1, -0.05) is 17.3 Å². The molecule has 0 spiro atoms. The van der Waals surface area contributed by atoms with Crippen molar-refractivity contribution >= 4 is 6.21 Å². The van der Waals surface area contributed by atoms with Crippen LogP contribution in [0.3, 0.4) is 0 Å². The number of nitrogens with zero attached hydrogens (tertiary/aromatic N) is 1. The van der Waals surface area contributed by atoms with Gasteiger partial charge in [0.25, 0.3) is 0 Å². The molecular weight excluding hydrogens is 166 g/mol. The Morgan fingerprint density at radius 3 is 2.85 bits per heavy atom. The fourth-order valence-electron chi connectivity index (χ4n) is 1.01. The van der Waals surface area contributed by atoms with Gasteiger partial charge in [0.1, 0.15) is 5.75 Å². The van der Waals surface area contributed by atoms with E-state index in [1.807, 2.05) is 38.1 Å². The van der Waals surface area contributed by atoms with E-state index >= 15 is 0 Å². The zero-order valence-electron chi connectivity index (χ0n) is 7.77. The second-order valence-electron chi connectivity index (χ2n) is 2.98. The summed E-state index contributed by atoms with van der Waals surface area (Å²) in [5.74, 6) is 0.785. The molecule has 13 heavy (non-hydrogen) atoms. The van der Waals surface area contributed by atoms with Crippen molar-refractivity contribution in [2.75, 3.05) is 0 Å². The van der Waals surface area contributed by atoms with Crippen LogP contribution in [0.1, 0.15) is 19.4 Å². The summed E-state index contributed by atoms with van der Waals surface area (Å²) in [5.41, 5.74) is 0.820. The van der Waals surface area contributed by atoms with Crippen LogP contribution in [0, 0.1) is 0 Å². The molecule has 0 saturated heterocycles. The lowest BCUT2D eigenvalue weighted by Gasteiger charge is -2.09. The molecule has 0 fully saturated rings. The molecule has 0 aliphatic heterocycles. The minimum Gasteiger partial charge on any atom is -0.491 e. The van der Waals surface area contributed by atoms with Crippen molar-refractivity contribution in [3.63, 3.8) is 0 Å². The molecule has 0 bridgehead atoms. The van der Waals surface area contributed by atoms with Gasteiger partial charge in [-0.15, -0.1) is 0 Å². The fourth-order valence-corrected chi connectivity index (χ4v) is 1.01. The van der Waals surface area contributed by atoms with Crippen LogP contribution in [0.2, 0.25) is 0 Å². The summed E-state index contributed by atoms with van der Waals surface area (Å²) in [6, 6.07) is 7.38. The highest BCUT2D eigenvalue weighted by molar-refractivity contribution is 5.79. The minimum absolute atomic E-state index is 0.154. The highest BCUT2D eigenvalue weighted by Crippen LogP contribution is 2.13. The molecule has 0 saturated carbocycles. The summed E-state index contributed by atoms with van der Waals surface area (Å²) in [4.78, 5) is 0. The summed E-state index contributed by atoms with van der Waals surface area (Å²) in [7, 11) is 0. The number of oxime groups is 1. The van der Waals surface area contributed by atoms with Crippen LogP contribution in [-0.2, 0) is 0 Å². The van der Waals surface area contributed by atoms with Crippen molar-refractivity contribution in [2.24, 2.45) is 5.16 Å². The largest absolute Gasteiger partial charge is 0.491 e. The van der Waals surface area contributed by atoms with E-state index in [1.54, 1.807) is 0 Å². The summed E-state index contributed by atoms with van der Waals surface area (Å²) in [5, 5.41) is 11.3. The Morgan fingerprint density at radius 2 is 2.23 bits per heavy atom. The predicted molar refractivity (Wildman–Crippen MR) is 51.6 cm³/mol. The van der Waals surface area contributed by atoms with E-state index in [-0.39, 0.29) is 6.10 Å². The van der Waals surface area contributed by atoms with Crippen molar-refractivity contribution in [3.8, 4) is 5.75 Å². The molecule has 0 atom stereocenters. The first kappa shape index (κ1) is 9.58. The van der Waals surface area contributed by atoms with Crippen LogP contribution in [0.15, 0.2) is 29.4 Å². The van der Waals surface area contributed by atoms with Crippen molar-refractivity contribution in [3.05, 3.63) is 29.8 Å². The number of benzene rings is 1. The molecule has 1 aromatic carbocycles. The molecule has 0 aliphatic rings. The van der Waals surface area contributed by atoms with E-state index < -0.39 is 0 Å². The first-order valence-corrected chi connectivity index (χ1v) is 4.16. The second kappa shape index (κ2) is 4.50. The van der Waals surface area contributed by atoms with E-state index in [2.05, 4.69) is 5.16 Å². The van der Waals surface area contributed by atoms with E-state index in [9.17, 15) is 0 Å². The Labute approximate surface area is 77.6 Å². The number of hydrogen-bond acceptors (Lipinski definition) is 3. The molecule has 1 N–H and O–H groups in total. The van der Waals surface area contributed by atoms with Crippen molar-refractivity contribution in [2.45, 2.75) is 20.0 Å².